The second kappa shape index (κ2) is 11.2. The van der Waals surface area contributed by atoms with Gasteiger partial charge in [0.1, 0.15) is 11.9 Å². The lowest BCUT2D eigenvalue weighted by Gasteiger charge is -2.31. The smallest absolute Gasteiger partial charge is 0.145 e. The molecule has 8 heteroatoms. The summed E-state index contributed by atoms with van der Waals surface area (Å²) in [5.74, 6) is -0.262. The topological polar surface area (TPSA) is 57.5 Å². The van der Waals surface area contributed by atoms with Crippen molar-refractivity contribution in [2.24, 2.45) is 5.16 Å². The molecule has 1 saturated heterocycles. The summed E-state index contributed by atoms with van der Waals surface area (Å²) in [5, 5.41) is 15.7. The SMILES string of the molecule is O[C@H](CN1CCOCC1)CN(Cc1cccc(F)c1)C[C@@H]1CC(c2ccc(Cl)cc2)=NO1. The molecule has 0 spiro atoms. The molecule has 0 unspecified atom stereocenters. The van der Waals surface area contributed by atoms with Crippen LogP contribution in [0, 0.1) is 5.82 Å². The summed E-state index contributed by atoms with van der Waals surface area (Å²) in [7, 11) is 0. The standard InChI is InChI=1S/C24H29ClFN3O3/c25-20-6-4-19(5-7-20)24-13-23(32-27-24)17-29(14-18-2-1-3-21(26)12-18)16-22(30)15-28-8-10-31-11-9-28/h1-7,12,22-23,30H,8-11,13-17H2/t22-,23+/m1/s1. The van der Waals surface area contributed by atoms with E-state index in [2.05, 4.69) is 15.0 Å². The average Bonchev–Trinajstić information content (AvgIpc) is 3.23. The highest BCUT2D eigenvalue weighted by Crippen LogP contribution is 2.20. The molecular weight excluding hydrogens is 433 g/mol. The van der Waals surface area contributed by atoms with Gasteiger partial charge in [0.05, 0.1) is 25.0 Å². The van der Waals surface area contributed by atoms with E-state index in [0.29, 0.717) is 50.8 Å². The highest BCUT2D eigenvalue weighted by atomic mass is 35.5. The summed E-state index contributed by atoms with van der Waals surface area (Å²) in [4.78, 5) is 10.0. The fraction of sp³-hybridized carbons (Fsp3) is 0.458. The van der Waals surface area contributed by atoms with Crippen molar-refractivity contribution in [3.63, 3.8) is 0 Å². The second-order valence-corrected chi connectivity index (χ2v) is 8.80. The summed E-state index contributed by atoms with van der Waals surface area (Å²) in [6.45, 7) is 5.19. The molecule has 0 aromatic heterocycles. The number of aliphatic hydroxyl groups is 1. The Hall–Kier alpha value is -2.03. The maximum absolute atomic E-state index is 13.7. The third-order valence-electron chi connectivity index (χ3n) is 5.71. The van der Waals surface area contributed by atoms with Gasteiger partial charge in [-0.25, -0.2) is 4.39 Å². The Bertz CT molecular complexity index is 906. The molecule has 2 aromatic carbocycles. The number of nitrogens with zero attached hydrogens (tertiary/aromatic N) is 3. The number of aliphatic hydroxyl groups excluding tert-OH is 1. The largest absolute Gasteiger partial charge is 0.390 e. The van der Waals surface area contributed by atoms with Gasteiger partial charge in [0.2, 0.25) is 0 Å². The number of β-amino-alcohol motifs (C(OH)–C–C–N with tert-alkyl or cyclic N) is 1. The summed E-state index contributed by atoms with van der Waals surface area (Å²) < 4.78 is 19.1. The molecule has 2 heterocycles. The Kier molecular flexibility index (Phi) is 8.10. The van der Waals surface area contributed by atoms with Gasteiger partial charge >= 0.3 is 0 Å². The fourth-order valence-corrected chi connectivity index (χ4v) is 4.29. The van der Waals surface area contributed by atoms with Crippen LogP contribution < -0.4 is 0 Å². The predicted octanol–water partition coefficient (Wildman–Crippen LogP) is 3.17. The van der Waals surface area contributed by atoms with Crippen molar-refractivity contribution in [2.45, 2.75) is 25.2 Å². The molecule has 2 aromatic rings. The molecule has 4 rings (SSSR count). The number of rotatable bonds is 9. The van der Waals surface area contributed by atoms with Crippen molar-refractivity contribution in [1.82, 2.24) is 9.80 Å². The van der Waals surface area contributed by atoms with E-state index >= 15 is 0 Å². The molecule has 1 N–H and O–H groups in total. The molecule has 0 radical (unpaired) electrons. The Balaban J connectivity index is 1.37. The lowest BCUT2D eigenvalue weighted by molar-refractivity contribution is -0.00266. The van der Waals surface area contributed by atoms with E-state index in [-0.39, 0.29) is 11.9 Å². The van der Waals surface area contributed by atoms with Crippen LogP contribution in [0.3, 0.4) is 0 Å². The second-order valence-electron chi connectivity index (χ2n) is 8.37. The number of morpholine rings is 1. The maximum atomic E-state index is 13.7. The first-order valence-electron chi connectivity index (χ1n) is 11.0. The van der Waals surface area contributed by atoms with Crippen LogP contribution in [-0.2, 0) is 16.1 Å². The minimum absolute atomic E-state index is 0.134. The molecular formula is C24H29ClFN3O3. The quantitative estimate of drug-likeness (QED) is 0.621. The number of oxime groups is 1. The molecule has 2 aliphatic heterocycles. The Morgan fingerprint density at radius 1 is 1.19 bits per heavy atom. The van der Waals surface area contributed by atoms with Crippen LogP contribution in [0.15, 0.2) is 53.7 Å². The minimum Gasteiger partial charge on any atom is -0.390 e. The van der Waals surface area contributed by atoms with E-state index in [9.17, 15) is 9.50 Å². The van der Waals surface area contributed by atoms with Gasteiger partial charge in [0, 0.05) is 50.7 Å². The predicted molar refractivity (Wildman–Crippen MR) is 122 cm³/mol. The van der Waals surface area contributed by atoms with Crippen LogP contribution in [0.2, 0.25) is 5.02 Å². The van der Waals surface area contributed by atoms with Crippen molar-refractivity contribution in [2.75, 3.05) is 45.9 Å². The van der Waals surface area contributed by atoms with Gasteiger partial charge in [-0.05, 0) is 35.4 Å². The van der Waals surface area contributed by atoms with Crippen LogP contribution in [0.4, 0.5) is 4.39 Å². The fourth-order valence-electron chi connectivity index (χ4n) is 4.16. The van der Waals surface area contributed by atoms with E-state index in [0.717, 1.165) is 29.9 Å². The Labute approximate surface area is 193 Å². The molecule has 32 heavy (non-hydrogen) atoms. The summed E-state index contributed by atoms with van der Waals surface area (Å²) in [6.07, 6.45) is 0.00504. The minimum atomic E-state index is -0.528. The van der Waals surface area contributed by atoms with Crippen molar-refractivity contribution < 1.29 is 19.1 Å². The summed E-state index contributed by atoms with van der Waals surface area (Å²) >= 11 is 5.98. The molecule has 0 amide bonds. The van der Waals surface area contributed by atoms with Gasteiger partial charge < -0.3 is 14.7 Å². The van der Waals surface area contributed by atoms with E-state index in [1.807, 2.05) is 30.3 Å². The maximum Gasteiger partial charge on any atom is 0.145 e. The zero-order valence-electron chi connectivity index (χ0n) is 18.0. The molecule has 2 aliphatic rings. The van der Waals surface area contributed by atoms with Crippen LogP contribution in [0.5, 0.6) is 0 Å². The van der Waals surface area contributed by atoms with E-state index in [1.54, 1.807) is 6.07 Å². The van der Waals surface area contributed by atoms with Gasteiger partial charge in [-0.1, -0.05) is 41.0 Å². The van der Waals surface area contributed by atoms with Gasteiger partial charge in [-0.15, -0.1) is 0 Å². The lowest BCUT2D eigenvalue weighted by atomic mass is 10.0. The van der Waals surface area contributed by atoms with Gasteiger partial charge in [-0.3, -0.25) is 9.80 Å². The van der Waals surface area contributed by atoms with E-state index in [1.165, 1.54) is 12.1 Å². The van der Waals surface area contributed by atoms with Crippen molar-refractivity contribution in [1.29, 1.82) is 0 Å². The van der Waals surface area contributed by atoms with Gasteiger partial charge in [0.15, 0.2) is 0 Å². The number of hydrogen-bond donors (Lipinski definition) is 1. The zero-order valence-corrected chi connectivity index (χ0v) is 18.8. The molecule has 2 atom stereocenters. The van der Waals surface area contributed by atoms with Crippen LogP contribution in [-0.4, -0.2) is 78.8 Å². The van der Waals surface area contributed by atoms with Crippen LogP contribution in [0.1, 0.15) is 17.5 Å². The number of ether oxygens (including phenoxy) is 1. The molecule has 0 saturated carbocycles. The number of hydrogen-bond acceptors (Lipinski definition) is 6. The molecule has 0 bridgehead atoms. The van der Waals surface area contributed by atoms with Crippen molar-refractivity contribution in [3.8, 4) is 0 Å². The monoisotopic (exact) mass is 461 g/mol. The third kappa shape index (κ3) is 6.73. The normalized spacial score (nSPS) is 20.2. The highest BCUT2D eigenvalue weighted by molar-refractivity contribution is 6.30. The first-order valence-corrected chi connectivity index (χ1v) is 11.4. The number of benzene rings is 2. The Morgan fingerprint density at radius 3 is 2.72 bits per heavy atom. The first-order chi connectivity index (χ1) is 15.5. The summed E-state index contributed by atoms with van der Waals surface area (Å²) in [6, 6.07) is 14.1. The first kappa shape index (κ1) is 23.1. The molecule has 0 aliphatic carbocycles. The van der Waals surface area contributed by atoms with Crippen molar-refractivity contribution in [3.05, 3.63) is 70.5 Å². The highest BCUT2D eigenvalue weighted by Gasteiger charge is 2.26. The van der Waals surface area contributed by atoms with Crippen LogP contribution in [0.25, 0.3) is 0 Å². The molecule has 172 valence electrons. The summed E-state index contributed by atoms with van der Waals surface area (Å²) in [5.41, 5.74) is 2.73. The molecule has 6 nitrogen and oxygen atoms in total. The number of halogens is 2. The van der Waals surface area contributed by atoms with Gasteiger partial charge in [-0.2, -0.15) is 0 Å². The van der Waals surface area contributed by atoms with Gasteiger partial charge in [0.25, 0.3) is 0 Å². The van der Waals surface area contributed by atoms with Crippen LogP contribution >= 0.6 is 11.6 Å². The average molecular weight is 462 g/mol. The zero-order chi connectivity index (χ0) is 22.3. The molecule has 1 fully saturated rings. The van der Waals surface area contributed by atoms with Crippen molar-refractivity contribution >= 4 is 17.3 Å². The lowest BCUT2D eigenvalue weighted by Crippen LogP contribution is -2.45. The van der Waals surface area contributed by atoms with E-state index < -0.39 is 6.10 Å². The third-order valence-corrected chi connectivity index (χ3v) is 5.96. The van der Waals surface area contributed by atoms with E-state index in [4.69, 9.17) is 21.2 Å². The Morgan fingerprint density at radius 2 is 1.97 bits per heavy atom.